The molecule has 170 valence electrons. The minimum absolute atomic E-state index is 0.161. The molecule has 5 N–H and O–H groups in total. The second-order valence-corrected chi connectivity index (χ2v) is 8.23. The molecule has 4 rings (SSSR count). The maximum atomic E-state index is 12.2. The molecular weight excluding hydrogens is 422 g/mol. The number of pyridine rings is 1. The number of amides is 1. The van der Waals surface area contributed by atoms with Crippen LogP contribution in [0.25, 0.3) is 22.3 Å². The lowest BCUT2D eigenvalue weighted by Crippen LogP contribution is -2.38. The Morgan fingerprint density at radius 1 is 1.36 bits per heavy atom. The molecule has 1 amide bonds. The molecule has 0 spiro atoms. The Morgan fingerprint density at radius 3 is 2.82 bits per heavy atom. The van der Waals surface area contributed by atoms with E-state index in [4.69, 9.17) is 20.7 Å². The predicted molar refractivity (Wildman–Crippen MR) is 123 cm³/mol. The number of piperidine rings is 1. The summed E-state index contributed by atoms with van der Waals surface area (Å²) in [6.45, 7) is 3.02. The van der Waals surface area contributed by atoms with Gasteiger partial charge < -0.3 is 26.2 Å². The van der Waals surface area contributed by atoms with Crippen LogP contribution >= 0.6 is 0 Å². The van der Waals surface area contributed by atoms with Crippen LogP contribution in [-0.2, 0) is 0 Å². The lowest BCUT2D eigenvalue weighted by Gasteiger charge is -2.24. The van der Waals surface area contributed by atoms with Gasteiger partial charge in [0.1, 0.15) is 35.8 Å². The number of fused-ring (bicyclic) bond motifs is 1. The molecule has 1 fully saturated rings. The number of primary amides is 1. The molecule has 1 aliphatic rings. The van der Waals surface area contributed by atoms with Crippen LogP contribution in [0.4, 0.5) is 5.82 Å². The Morgan fingerprint density at radius 2 is 2.15 bits per heavy atom. The largest absolute Gasteiger partial charge is 0.489 e. The smallest absolute Gasteiger partial charge is 0.251 e. The maximum absolute atomic E-state index is 12.2. The molecule has 2 atom stereocenters. The van der Waals surface area contributed by atoms with Crippen molar-refractivity contribution in [2.24, 2.45) is 5.73 Å². The number of nitrogens with one attached hydrogen (secondary N) is 2. The lowest BCUT2D eigenvalue weighted by molar-refractivity contribution is 0.0611. The quantitative estimate of drug-likeness (QED) is 0.395. The van der Waals surface area contributed by atoms with Crippen LogP contribution in [0.5, 0.6) is 5.75 Å². The first-order valence-corrected chi connectivity index (χ1v) is 10.7. The number of ether oxygens (including phenoxy) is 1. The van der Waals surface area contributed by atoms with Crippen molar-refractivity contribution in [3.8, 4) is 23.1 Å². The molecule has 0 bridgehead atoms. The van der Waals surface area contributed by atoms with Gasteiger partial charge in [-0.15, -0.1) is 0 Å². The van der Waals surface area contributed by atoms with Crippen molar-refractivity contribution in [1.82, 2.24) is 20.3 Å². The first-order chi connectivity index (χ1) is 15.9. The van der Waals surface area contributed by atoms with Crippen LogP contribution in [0.15, 0.2) is 36.7 Å². The van der Waals surface area contributed by atoms with Crippen molar-refractivity contribution in [2.75, 3.05) is 25.0 Å². The Hall–Kier alpha value is -3.81. The van der Waals surface area contributed by atoms with Crippen molar-refractivity contribution in [2.45, 2.75) is 31.4 Å². The van der Waals surface area contributed by atoms with Crippen molar-refractivity contribution in [1.29, 1.82) is 5.26 Å². The van der Waals surface area contributed by atoms with Gasteiger partial charge in [-0.25, -0.2) is 15.0 Å². The Bertz CT molecular complexity index is 1200. The summed E-state index contributed by atoms with van der Waals surface area (Å²) < 4.78 is 5.49. The van der Waals surface area contributed by atoms with Crippen LogP contribution < -0.4 is 21.1 Å². The first-order valence-electron chi connectivity index (χ1n) is 10.7. The highest BCUT2D eigenvalue weighted by Gasteiger charge is 2.21. The van der Waals surface area contributed by atoms with Crippen molar-refractivity contribution < 1.29 is 14.6 Å². The Labute approximate surface area is 190 Å². The summed E-state index contributed by atoms with van der Waals surface area (Å²) in [7, 11) is 0. The average molecular weight is 447 g/mol. The lowest BCUT2D eigenvalue weighted by atomic mass is 10.1. The van der Waals surface area contributed by atoms with Crippen LogP contribution in [-0.4, -0.2) is 57.3 Å². The highest BCUT2D eigenvalue weighted by molar-refractivity contribution is 6.06. The highest BCUT2D eigenvalue weighted by atomic mass is 16.5. The van der Waals surface area contributed by atoms with Crippen LogP contribution in [0.3, 0.4) is 0 Å². The van der Waals surface area contributed by atoms with Gasteiger partial charge in [0.05, 0.1) is 11.3 Å². The molecule has 1 unspecified atom stereocenters. The molecule has 3 heterocycles. The summed E-state index contributed by atoms with van der Waals surface area (Å²) in [6, 6.07) is 10.5. The van der Waals surface area contributed by atoms with Crippen molar-refractivity contribution in [3.63, 3.8) is 0 Å². The SMILES string of the molecule is CC(O)(C#N)COc1ccc(-c2cc(C(N)=O)c3ncnc(N[C@H]4CCCNC4)c3n2)cc1. The van der Waals surface area contributed by atoms with E-state index in [1.165, 1.54) is 13.3 Å². The number of aromatic nitrogens is 3. The number of nitriles is 1. The van der Waals surface area contributed by atoms with Crippen LogP contribution in [0.2, 0.25) is 0 Å². The Balaban J connectivity index is 1.68. The van der Waals surface area contributed by atoms with E-state index in [1.54, 1.807) is 36.4 Å². The number of benzene rings is 1. The van der Waals surface area contributed by atoms with E-state index in [0.29, 0.717) is 28.3 Å². The average Bonchev–Trinajstić information content (AvgIpc) is 2.83. The van der Waals surface area contributed by atoms with Gasteiger partial charge in [0.25, 0.3) is 5.91 Å². The zero-order valence-corrected chi connectivity index (χ0v) is 18.2. The zero-order valence-electron chi connectivity index (χ0n) is 18.2. The van der Waals surface area contributed by atoms with Gasteiger partial charge >= 0.3 is 0 Å². The first kappa shape index (κ1) is 22.4. The molecule has 1 saturated heterocycles. The summed E-state index contributed by atoms with van der Waals surface area (Å²) >= 11 is 0. The number of anilines is 1. The van der Waals surface area contributed by atoms with Gasteiger partial charge in [0, 0.05) is 18.2 Å². The second-order valence-electron chi connectivity index (χ2n) is 8.23. The van der Waals surface area contributed by atoms with Crippen LogP contribution in [0, 0.1) is 11.3 Å². The van der Waals surface area contributed by atoms with Crippen molar-refractivity contribution >= 4 is 22.8 Å². The normalized spacial score (nSPS) is 17.7. The number of hydrogen-bond acceptors (Lipinski definition) is 9. The predicted octanol–water partition coefficient (Wildman–Crippen LogP) is 1.61. The van der Waals surface area contributed by atoms with E-state index in [2.05, 4.69) is 20.6 Å². The highest BCUT2D eigenvalue weighted by Crippen LogP contribution is 2.28. The van der Waals surface area contributed by atoms with Gasteiger partial charge in [-0.3, -0.25) is 4.79 Å². The molecule has 0 saturated carbocycles. The minimum atomic E-state index is -1.58. The second kappa shape index (κ2) is 9.36. The number of aliphatic hydroxyl groups is 1. The fraction of sp³-hybridized carbons (Fsp3) is 0.348. The molecule has 1 aliphatic heterocycles. The third-order valence-electron chi connectivity index (χ3n) is 5.40. The van der Waals surface area contributed by atoms with E-state index < -0.39 is 11.5 Å². The number of carbonyl (C=O) groups excluding carboxylic acids is 1. The van der Waals surface area contributed by atoms with Crippen LogP contribution in [0.1, 0.15) is 30.1 Å². The number of hydrogen-bond donors (Lipinski definition) is 4. The third-order valence-corrected chi connectivity index (χ3v) is 5.40. The zero-order chi connectivity index (χ0) is 23.4. The van der Waals surface area contributed by atoms with E-state index in [0.717, 1.165) is 31.5 Å². The van der Waals surface area contributed by atoms with E-state index in [1.807, 2.05) is 0 Å². The summed E-state index contributed by atoms with van der Waals surface area (Å²) in [5.41, 5.74) is 6.46. The molecular formula is C23H25N7O3. The van der Waals surface area contributed by atoms with Gasteiger partial charge in [0.15, 0.2) is 11.4 Å². The number of rotatable bonds is 7. The van der Waals surface area contributed by atoms with Crippen molar-refractivity contribution in [3.05, 3.63) is 42.2 Å². The fourth-order valence-electron chi connectivity index (χ4n) is 3.63. The molecule has 10 heteroatoms. The van der Waals surface area contributed by atoms with E-state index >= 15 is 0 Å². The van der Waals surface area contributed by atoms with E-state index in [-0.39, 0.29) is 18.2 Å². The summed E-state index contributed by atoms with van der Waals surface area (Å²) in [4.78, 5) is 25.6. The molecule has 33 heavy (non-hydrogen) atoms. The molecule has 1 aromatic carbocycles. The monoisotopic (exact) mass is 447 g/mol. The minimum Gasteiger partial charge on any atom is -0.489 e. The van der Waals surface area contributed by atoms with Gasteiger partial charge in [-0.2, -0.15) is 5.26 Å². The standard InChI is InChI=1S/C23H25N7O3/c1-23(32,11-24)12-33-16-6-4-14(5-7-16)18-9-17(21(25)31)19-20(30-18)22(28-13-27-19)29-15-3-2-8-26-10-15/h4-7,9,13,15,26,32H,2-3,8,10,12H2,1H3,(H2,25,31)(H,27,28,29)/t15-,23?/m0/s1. The Kier molecular flexibility index (Phi) is 6.35. The fourth-order valence-corrected chi connectivity index (χ4v) is 3.63. The molecule has 2 aromatic heterocycles. The maximum Gasteiger partial charge on any atom is 0.251 e. The summed E-state index contributed by atoms with van der Waals surface area (Å²) in [5, 5.41) is 25.5. The van der Waals surface area contributed by atoms with Gasteiger partial charge in [-0.05, 0) is 56.6 Å². The number of nitrogens with zero attached hydrogens (tertiary/aromatic N) is 4. The molecule has 0 radical (unpaired) electrons. The molecule has 0 aliphatic carbocycles. The van der Waals surface area contributed by atoms with E-state index in [9.17, 15) is 9.90 Å². The third kappa shape index (κ3) is 5.16. The number of nitrogens with two attached hydrogens (primary N) is 1. The number of carbonyl (C=O) groups is 1. The van der Waals surface area contributed by atoms with Gasteiger partial charge in [-0.1, -0.05) is 0 Å². The molecule has 3 aromatic rings. The topological polar surface area (TPSA) is 159 Å². The summed E-state index contributed by atoms with van der Waals surface area (Å²) in [6.07, 6.45) is 3.46. The van der Waals surface area contributed by atoms with Gasteiger partial charge in [0.2, 0.25) is 0 Å². The molecule has 10 nitrogen and oxygen atoms in total. The summed E-state index contributed by atoms with van der Waals surface area (Å²) in [5.74, 6) is 0.434.